The number of carbonyl (C=O) groups is 11. The van der Waals surface area contributed by atoms with Gasteiger partial charge in [0.05, 0.1) is 24.9 Å². The number of hydrogen-bond donors (Lipinski definition) is 5. The van der Waals surface area contributed by atoms with Gasteiger partial charge in [-0.1, -0.05) is 101 Å². The average Bonchev–Trinajstić information content (AvgIpc) is 0.777. The smallest absolute Gasteiger partial charge is 0.246 e. The number of amides is 11. The van der Waals surface area contributed by atoms with Crippen molar-refractivity contribution in [2.75, 3.05) is 76.6 Å². The average molecular weight is 1390 g/mol. The highest BCUT2D eigenvalue weighted by Gasteiger charge is 2.48. The van der Waals surface area contributed by atoms with E-state index in [1.54, 1.807) is 88.6 Å². The Morgan fingerprint density at radius 3 is 1.44 bits per heavy atom. The van der Waals surface area contributed by atoms with E-state index in [0.29, 0.717) is 0 Å². The molecule has 98 heavy (non-hydrogen) atoms. The number of nitrogens with one attached hydrogen (secondary N) is 4. The second kappa shape index (κ2) is 40.2. The molecule has 0 spiro atoms. The van der Waals surface area contributed by atoms with Crippen molar-refractivity contribution < 1.29 is 67.5 Å². The number of likely N-dealkylation sites (N-methyl/N-ethyl adjacent to an activating group) is 8. The van der Waals surface area contributed by atoms with E-state index in [-0.39, 0.29) is 69.4 Å². The Morgan fingerprint density at radius 2 is 0.990 bits per heavy atom. The molecule has 1 rings (SSSR count). The van der Waals surface area contributed by atoms with Crippen LogP contribution in [0.25, 0.3) is 0 Å². The largest absolute Gasteiger partial charge is 0.390 e. The van der Waals surface area contributed by atoms with Crippen LogP contribution < -0.4 is 21.3 Å². The molecule has 560 valence electrons. The second-order valence-electron chi connectivity index (χ2n) is 29.7. The van der Waals surface area contributed by atoms with Gasteiger partial charge in [0.1, 0.15) is 66.5 Å². The molecule has 11 amide bonds. The zero-order valence-electron chi connectivity index (χ0n) is 64.0. The van der Waals surface area contributed by atoms with E-state index in [2.05, 4.69) is 27.8 Å². The minimum absolute atomic E-state index is 0.00723. The van der Waals surface area contributed by atoms with Crippen LogP contribution in [0.1, 0.15) is 163 Å². The van der Waals surface area contributed by atoms with Crippen molar-refractivity contribution in [3.63, 3.8) is 0 Å². The van der Waals surface area contributed by atoms with Crippen molar-refractivity contribution in [2.45, 2.75) is 247 Å². The lowest BCUT2D eigenvalue weighted by Crippen LogP contribution is -2.64. The monoisotopic (exact) mass is 1390 g/mol. The lowest BCUT2D eigenvalue weighted by Gasteiger charge is -2.41. The van der Waals surface area contributed by atoms with E-state index in [4.69, 9.17) is 4.74 Å². The summed E-state index contributed by atoms with van der Waals surface area (Å²) in [6, 6.07) is -17.0. The minimum Gasteiger partial charge on any atom is -0.390 e. The number of ether oxygens (including phenoxy) is 1. The molecule has 0 bridgehead atoms. The van der Waals surface area contributed by atoms with Gasteiger partial charge in [0, 0.05) is 67.1 Å². The maximum absolute atomic E-state index is 15.6. The molecule has 0 aromatic rings. The van der Waals surface area contributed by atoms with E-state index < -0.39 is 178 Å². The van der Waals surface area contributed by atoms with Gasteiger partial charge in [0.15, 0.2) is 0 Å². The van der Waals surface area contributed by atoms with Gasteiger partial charge in [-0.3, -0.25) is 62.9 Å². The molecular weight excluding hydrogens is 1260 g/mol. The van der Waals surface area contributed by atoms with Crippen LogP contribution in [0.4, 0.5) is 0 Å². The Balaban J connectivity index is 4.74. The summed E-state index contributed by atoms with van der Waals surface area (Å²) >= 11 is 0. The fraction of sp³-hybridized carbons (Fsp3) is 0.786. The molecule has 0 radical (unpaired) electrons. The summed E-state index contributed by atoms with van der Waals surface area (Å²) in [7, 11) is 12.6. The van der Waals surface area contributed by atoms with E-state index in [0.717, 1.165) is 14.7 Å². The lowest BCUT2D eigenvalue weighted by molar-refractivity contribution is -0.524. The van der Waals surface area contributed by atoms with Crippen molar-refractivity contribution in [3.8, 4) is 0 Å². The molecule has 0 aliphatic carbocycles. The van der Waals surface area contributed by atoms with Crippen LogP contribution in [0, 0.1) is 45.6 Å². The van der Waals surface area contributed by atoms with E-state index in [9.17, 15) is 29.6 Å². The number of aliphatic hydroxyl groups is 1. The SMILES string of the molecule is C=CCOC(C)(C)C[C@H]1C(=O)N[C@@H](C(C)C)C(=O)N(C)[C@@H](CC(C)C)C(=O)N[C@@H](C)C(=O)N[C@H](C)C(=O)N(C)[C@@H](CC(C)C)C(=O)N(C)[C@@H](CC(C)C)C(=O)N(C)[C@@H](C(C)C)C(=O)N(C)[C@@H]([C@H](O)[C@H](C)C/C=C/C)C(=O)N[C@@H](CC)C(=O)N(C)[C@H](CC(CN(C)C)[N+](=O)[O-])C(=O)N1C. The Labute approximate surface area is 584 Å². The summed E-state index contributed by atoms with van der Waals surface area (Å²) in [5, 5.41) is 36.2. The molecule has 1 saturated heterocycles. The maximum Gasteiger partial charge on any atom is 0.246 e. The van der Waals surface area contributed by atoms with Crippen LogP contribution in [0.5, 0.6) is 0 Å². The topological polar surface area (TPSA) is 334 Å². The summed E-state index contributed by atoms with van der Waals surface area (Å²) in [4.78, 5) is 187. The standard InChI is InChI=1S/C70H125N13O15/c1-28-31-32-45(14)58(84)57-62(88)73-49(30-3)64(90)78(23)53(37-48(83(96)97)39-75(19)20)66(92)80(25)54(38-70(17,18)98-33-29-2)61(87)74-55(43(10)11)68(94)76(21)50(34-40(4)5)60(86)71-46(15)59(85)72-47(16)63(89)77(22)51(35-41(6)7)65(91)79(24)52(36-42(8)9)67(93)81(26)56(44(12)13)69(95)82(57)27/h28-29,31,40-58,84H,2,30,32-39H2,1,3-27H3,(H,71,86)(H,72,85)(H,73,88)(H,74,87)/b31-28+/t45-,46+,47-,48?,49+,50+,51+,52+,53-,54+,55+,56+,57+,58-/m1/s1. The number of allylic oxidation sites excluding steroid dienone is 2. The second-order valence-corrected chi connectivity index (χ2v) is 29.7. The summed E-state index contributed by atoms with van der Waals surface area (Å²) in [6.45, 7) is 32.5. The van der Waals surface area contributed by atoms with Crippen LogP contribution in [-0.4, -0.2) is 275 Å². The highest BCUT2D eigenvalue weighted by molar-refractivity contribution is 6.00. The van der Waals surface area contributed by atoms with E-state index in [1.165, 1.54) is 93.8 Å². The molecule has 1 aliphatic heterocycles. The minimum atomic E-state index is -1.75. The molecule has 0 aromatic carbocycles. The van der Waals surface area contributed by atoms with Crippen molar-refractivity contribution >= 4 is 65.0 Å². The Kier molecular flexibility index (Phi) is 36.5. The number of aliphatic hydroxyl groups excluding tert-OH is 1. The Morgan fingerprint density at radius 1 is 0.561 bits per heavy atom. The van der Waals surface area contributed by atoms with Gasteiger partial charge < -0.3 is 70.3 Å². The highest BCUT2D eigenvalue weighted by Crippen LogP contribution is 2.28. The molecule has 0 saturated carbocycles. The zero-order valence-corrected chi connectivity index (χ0v) is 64.0. The molecule has 1 fully saturated rings. The van der Waals surface area contributed by atoms with Crippen molar-refractivity contribution in [2.24, 2.45) is 35.5 Å². The van der Waals surface area contributed by atoms with Crippen LogP contribution in [-0.2, 0) is 57.5 Å². The molecule has 1 unspecified atom stereocenters. The maximum atomic E-state index is 15.6. The van der Waals surface area contributed by atoms with Crippen molar-refractivity contribution in [1.29, 1.82) is 0 Å². The molecule has 5 N–H and O–H groups in total. The fourth-order valence-corrected chi connectivity index (χ4v) is 12.3. The fourth-order valence-electron chi connectivity index (χ4n) is 12.3. The van der Waals surface area contributed by atoms with E-state index in [1.807, 2.05) is 41.5 Å². The van der Waals surface area contributed by atoms with Crippen LogP contribution in [0.3, 0.4) is 0 Å². The summed E-state index contributed by atoms with van der Waals surface area (Å²) in [5.74, 6) is -11.4. The third-order valence-electron chi connectivity index (χ3n) is 18.3. The Bertz CT molecular complexity index is 2760. The molecule has 28 nitrogen and oxygen atoms in total. The summed E-state index contributed by atoms with van der Waals surface area (Å²) in [5.41, 5.74) is -1.22. The summed E-state index contributed by atoms with van der Waals surface area (Å²) < 4.78 is 6.10. The molecule has 14 atom stereocenters. The third kappa shape index (κ3) is 25.3. The highest BCUT2D eigenvalue weighted by atomic mass is 16.6. The van der Waals surface area contributed by atoms with Gasteiger partial charge >= 0.3 is 0 Å². The predicted octanol–water partition coefficient (Wildman–Crippen LogP) is 3.56. The first kappa shape index (κ1) is 88.9. The van der Waals surface area contributed by atoms with Gasteiger partial charge in [-0.15, -0.1) is 6.58 Å². The van der Waals surface area contributed by atoms with Gasteiger partial charge in [-0.25, -0.2) is 0 Å². The molecule has 0 aromatic heterocycles. The van der Waals surface area contributed by atoms with Crippen molar-refractivity contribution in [3.05, 3.63) is 34.9 Å². The first-order chi connectivity index (χ1) is 45.2. The lowest BCUT2D eigenvalue weighted by atomic mass is 9.91. The Hall–Kier alpha value is -7.07. The quantitative estimate of drug-likeness (QED) is 0.0555. The molecule has 28 heteroatoms. The third-order valence-corrected chi connectivity index (χ3v) is 18.3. The summed E-state index contributed by atoms with van der Waals surface area (Å²) in [6.07, 6.45) is 2.90. The first-order valence-electron chi connectivity index (χ1n) is 34.6. The van der Waals surface area contributed by atoms with Gasteiger partial charge in [0.2, 0.25) is 71.0 Å². The normalized spacial score (nSPS) is 26.1. The molecule has 1 heterocycles. The number of nitrogens with zero attached hydrogens (tertiary/aromatic N) is 9. The van der Waals surface area contributed by atoms with Gasteiger partial charge in [0.25, 0.3) is 0 Å². The first-order valence-corrected chi connectivity index (χ1v) is 34.6. The van der Waals surface area contributed by atoms with Gasteiger partial charge in [-0.05, 0) is 116 Å². The van der Waals surface area contributed by atoms with Crippen LogP contribution in [0.2, 0.25) is 0 Å². The van der Waals surface area contributed by atoms with Crippen LogP contribution in [0.15, 0.2) is 24.8 Å². The van der Waals surface area contributed by atoms with Crippen LogP contribution >= 0.6 is 0 Å². The van der Waals surface area contributed by atoms with Gasteiger partial charge in [-0.2, -0.15) is 0 Å². The number of carbonyl (C=O) groups excluding carboxylic acids is 11. The zero-order chi connectivity index (χ0) is 76.0. The van der Waals surface area contributed by atoms with E-state index >= 15 is 38.4 Å². The number of nitro groups is 1. The molecule has 1 aliphatic rings. The molecular formula is C70H125N13O15. The van der Waals surface area contributed by atoms with Crippen molar-refractivity contribution in [1.82, 2.24) is 60.5 Å². The number of hydrogen-bond acceptors (Lipinski definition) is 16. The number of rotatable bonds is 23. The predicted molar refractivity (Wildman–Crippen MR) is 377 cm³/mol.